The van der Waals surface area contributed by atoms with E-state index in [0.29, 0.717) is 12.0 Å². The van der Waals surface area contributed by atoms with Crippen LogP contribution in [0.1, 0.15) is 42.6 Å². The average molecular weight is 222 g/mol. The Morgan fingerprint density at radius 2 is 2.31 bits per heavy atom. The van der Waals surface area contributed by atoms with Gasteiger partial charge in [0.05, 0.1) is 18.3 Å². The first-order valence-electron chi connectivity index (χ1n) is 6.06. The van der Waals surface area contributed by atoms with Crippen LogP contribution < -0.4 is 5.32 Å². The molecule has 0 aromatic carbocycles. The van der Waals surface area contributed by atoms with E-state index in [4.69, 9.17) is 4.74 Å². The molecule has 2 fully saturated rings. The van der Waals surface area contributed by atoms with Gasteiger partial charge < -0.3 is 10.1 Å². The molecule has 16 heavy (non-hydrogen) atoms. The molecule has 1 saturated carbocycles. The summed E-state index contributed by atoms with van der Waals surface area (Å²) in [6.07, 6.45) is 3.61. The van der Waals surface area contributed by atoms with Crippen LogP contribution >= 0.6 is 0 Å². The summed E-state index contributed by atoms with van der Waals surface area (Å²) in [7, 11) is 1.95. The molecule has 0 spiro atoms. The first-order valence-corrected chi connectivity index (χ1v) is 6.06. The molecule has 88 valence electrons. The summed E-state index contributed by atoms with van der Waals surface area (Å²) < 4.78 is 7.62. The minimum atomic E-state index is 0.499. The van der Waals surface area contributed by atoms with Gasteiger partial charge in [0.2, 0.25) is 0 Å². The quantitative estimate of drug-likeness (QED) is 0.820. The highest BCUT2D eigenvalue weighted by molar-refractivity contribution is 5.18. The van der Waals surface area contributed by atoms with Gasteiger partial charge in [0.1, 0.15) is 5.69 Å². The lowest BCUT2D eigenvalue weighted by atomic mass is 10.0. The van der Waals surface area contributed by atoms with Crippen LogP contribution in [0.3, 0.4) is 0 Å². The molecule has 5 heteroatoms. The maximum absolute atomic E-state index is 5.48. The van der Waals surface area contributed by atoms with Crippen molar-refractivity contribution in [1.29, 1.82) is 0 Å². The average Bonchev–Trinajstić information content (AvgIpc) is 2.84. The van der Waals surface area contributed by atoms with Gasteiger partial charge in [0.15, 0.2) is 0 Å². The Labute approximate surface area is 95.2 Å². The Balaban J connectivity index is 1.92. The number of rotatable bonds is 4. The zero-order chi connectivity index (χ0) is 11.0. The van der Waals surface area contributed by atoms with Crippen molar-refractivity contribution in [2.45, 2.75) is 37.8 Å². The predicted molar refractivity (Wildman–Crippen MR) is 59.2 cm³/mol. The van der Waals surface area contributed by atoms with Gasteiger partial charge >= 0.3 is 0 Å². The molecule has 0 bridgehead atoms. The Morgan fingerprint density at radius 1 is 1.44 bits per heavy atom. The fourth-order valence-corrected chi connectivity index (χ4v) is 2.39. The number of hydrogen-bond donors (Lipinski definition) is 1. The second-order valence-electron chi connectivity index (χ2n) is 4.69. The molecule has 1 unspecified atom stereocenters. The van der Waals surface area contributed by atoms with E-state index in [1.165, 1.54) is 18.5 Å². The molecule has 1 aromatic heterocycles. The number of aromatic nitrogens is 3. The fourth-order valence-electron chi connectivity index (χ4n) is 2.39. The van der Waals surface area contributed by atoms with E-state index < -0.39 is 0 Å². The van der Waals surface area contributed by atoms with Crippen LogP contribution in [0, 0.1) is 0 Å². The van der Waals surface area contributed by atoms with Crippen molar-refractivity contribution in [3.63, 3.8) is 0 Å². The minimum absolute atomic E-state index is 0.499. The van der Waals surface area contributed by atoms with E-state index in [-0.39, 0.29) is 0 Å². The minimum Gasteiger partial charge on any atom is -0.381 e. The third kappa shape index (κ3) is 1.74. The van der Waals surface area contributed by atoms with E-state index >= 15 is 0 Å². The van der Waals surface area contributed by atoms with E-state index in [9.17, 15) is 0 Å². The number of nitrogens with zero attached hydrogens (tertiary/aromatic N) is 3. The van der Waals surface area contributed by atoms with Crippen molar-refractivity contribution in [3.05, 3.63) is 11.4 Å². The molecule has 2 aliphatic rings. The Morgan fingerprint density at radius 3 is 2.94 bits per heavy atom. The summed E-state index contributed by atoms with van der Waals surface area (Å²) in [6, 6.07) is 0.605. The zero-order valence-electron chi connectivity index (χ0n) is 9.65. The van der Waals surface area contributed by atoms with E-state index in [0.717, 1.165) is 31.9 Å². The lowest BCUT2D eigenvalue weighted by molar-refractivity contribution is 0.193. The predicted octanol–water partition coefficient (Wildman–Crippen LogP) is 0.836. The summed E-state index contributed by atoms with van der Waals surface area (Å²) >= 11 is 0. The zero-order valence-corrected chi connectivity index (χ0v) is 9.65. The molecule has 5 nitrogen and oxygen atoms in total. The van der Waals surface area contributed by atoms with Crippen molar-refractivity contribution >= 4 is 0 Å². The number of ether oxygens (including phenoxy) is 1. The van der Waals surface area contributed by atoms with E-state index in [1.54, 1.807) is 0 Å². The molecule has 1 aromatic rings. The van der Waals surface area contributed by atoms with Crippen molar-refractivity contribution in [1.82, 2.24) is 20.3 Å². The highest BCUT2D eigenvalue weighted by Crippen LogP contribution is 2.38. The summed E-state index contributed by atoms with van der Waals surface area (Å²) in [6.45, 7) is 2.51. The Bertz CT molecular complexity index is 366. The molecule has 1 atom stereocenters. The maximum atomic E-state index is 5.48. The van der Waals surface area contributed by atoms with Crippen molar-refractivity contribution in [2.75, 3.05) is 20.3 Å². The van der Waals surface area contributed by atoms with Gasteiger partial charge in [-0.15, -0.1) is 5.10 Å². The van der Waals surface area contributed by atoms with Crippen LogP contribution in [0.5, 0.6) is 0 Å². The van der Waals surface area contributed by atoms with Gasteiger partial charge in [-0.2, -0.15) is 0 Å². The molecule has 1 N–H and O–H groups in total. The number of hydrogen-bond acceptors (Lipinski definition) is 4. The van der Waals surface area contributed by atoms with E-state index in [2.05, 4.69) is 20.3 Å². The molecule has 1 saturated heterocycles. The molecular formula is C11H18N4O. The van der Waals surface area contributed by atoms with Crippen LogP contribution in [0.4, 0.5) is 0 Å². The normalized spacial score (nSPS) is 25.2. The van der Waals surface area contributed by atoms with Crippen LogP contribution in [0.15, 0.2) is 0 Å². The van der Waals surface area contributed by atoms with Crippen LogP contribution in [-0.4, -0.2) is 35.3 Å². The molecule has 0 radical (unpaired) electrons. The molecule has 3 rings (SSSR count). The summed E-state index contributed by atoms with van der Waals surface area (Å²) in [4.78, 5) is 0. The van der Waals surface area contributed by atoms with Crippen molar-refractivity contribution in [3.8, 4) is 0 Å². The van der Waals surface area contributed by atoms with Gasteiger partial charge in [0, 0.05) is 19.1 Å². The van der Waals surface area contributed by atoms with Gasteiger partial charge in [-0.25, -0.2) is 4.68 Å². The first-order chi connectivity index (χ1) is 7.90. The second kappa shape index (κ2) is 4.14. The summed E-state index contributed by atoms with van der Waals surface area (Å²) in [5.41, 5.74) is 2.42. The second-order valence-corrected chi connectivity index (χ2v) is 4.69. The highest BCUT2D eigenvalue weighted by Gasteiger charge is 2.33. The maximum Gasteiger partial charge on any atom is 0.100 e. The topological polar surface area (TPSA) is 52.0 Å². The van der Waals surface area contributed by atoms with E-state index in [1.807, 2.05) is 7.05 Å². The van der Waals surface area contributed by atoms with Gasteiger partial charge in [-0.3, -0.25) is 0 Å². The third-order valence-electron chi connectivity index (χ3n) is 3.36. The Kier molecular flexibility index (Phi) is 2.65. The molecule has 2 heterocycles. The molecule has 1 aliphatic carbocycles. The smallest absolute Gasteiger partial charge is 0.100 e. The standard InChI is InChI=1S/C11H18N4O/c1-12-6-10-11(8-4-5-16-7-8)15(14-13-10)9-2-3-9/h8-9,12H,2-7H2,1H3. The highest BCUT2D eigenvalue weighted by atomic mass is 16.5. The van der Waals surface area contributed by atoms with Gasteiger partial charge in [0.25, 0.3) is 0 Å². The molecule has 0 amide bonds. The monoisotopic (exact) mass is 222 g/mol. The summed E-state index contributed by atoms with van der Waals surface area (Å²) in [5, 5.41) is 11.8. The fraction of sp³-hybridized carbons (Fsp3) is 0.818. The van der Waals surface area contributed by atoms with Crippen LogP contribution in [0.2, 0.25) is 0 Å². The lowest BCUT2D eigenvalue weighted by Gasteiger charge is -2.12. The Hall–Kier alpha value is -0.940. The third-order valence-corrected chi connectivity index (χ3v) is 3.36. The molecule has 1 aliphatic heterocycles. The largest absolute Gasteiger partial charge is 0.381 e. The van der Waals surface area contributed by atoms with Crippen molar-refractivity contribution < 1.29 is 4.74 Å². The molecular weight excluding hydrogens is 204 g/mol. The lowest BCUT2D eigenvalue weighted by Crippen LogP contribution is -2.13. The SMILES string of the molecule is CNCc1nnn(C2CC2)c1C1CCOC1. The van der Waals surface area contributed by atoms with Gasteiger partial charge in [-0.1, -0.05) is 5.21 Å². The first kappa shape index (κ1) is 10.2. The number of nitrogens with one attached hydrogen (secondary N) is 1. The summed E-state index contributed by atoms with van der Waals surface area (Å²) in [5.74, 6) is 0.499. The van der Waals surface area contributed by atoms with Crippen LogP contribution in [-0.2, 0) is 11.3 Å². The van der Waals surface area contributed by atoms with Crippen LogP contribution in [0.25, 0.3) is 0 Å². The van der Waals surface area contributed by atoms with Gasteiger partial charge in [-0.05, 0) is 26.3 Å². The van der Waals surface area contributed by atoms with Crippen molar-refractivity contribution in [2.24, 2.45) is 0 Å².